The van der Waals surface area contributed by atoms with Crippen LogP contribution in [0.15, 0.2) is 121 Å². The van der Waals surface area contributed by atoms with Crippen LogP contribution in [0.5, 0.6) is 11.5 Å². The maximum atomic E-state index is 13.7. The van der Waals surface area contributed by atoms with E-state index in [9.17, 15) is 4.39 Å². The zero-order chi connectivity index (χ0) is 25.2. The molecule has 1 atom stereocenters. The van der Waals surface area contributed by atoms with Crippen LogP contribution in [0.1, 0.15) is 22.9 Å². The fourth-order valence-corrected chi connectivity index (χ4v) is 4.41. The van der Waals surface area contributed by atoms with Gasteiger partial charge in [-0.05, 0) is 42.0 Å². The maximum Gasteiger partial charge on any atom is 0.213 e. The molecule has 2 N–H and O–H groups in total. The van der Waals surface area contributed by atoms with Crippen molar-refractivity contribution >= 4 is 11.4 Å². The van der Waals surface area contributed by atoms with Gasteiger partial charge in [0, 0.05) is 46.9 Å². The van der Waals surface area contributed by atoms with Crippen LogP contribution in [-0.4, -0.2) is 15.7 Å². The maximum absolute atomic E-state index is 13.7. The Morgan fingerprint density at radius 2 is 1.57 bits per heavy atom. The Hall–Kier alpha value is -4.88. The number of rotatable bonds is 5. The lowest BCUT2D eigenvalue weighted by molar-refractivity contribution is 0.483. The summed E-state index contributed by atoms with van der Waals surface area (Å²) in [6.07, 6.45) is 4.25. The third kappa shape index (κ3) is 4.44. The summed E-state index contributed by atoms with van der Waals surface area (Å²) in [5, 5.41) is 6.78. The second-order valence-electron chi connectivity index (χ2n) is 8.53. The van der Waals surface area contributed by atoms with Crippen LogP contribution in [-0.2, 0) is 0 Å². The van der Waals surface area contributed by atoms with Crippen molar-refractivity contribution in [2.24, 2.45) is 10.8 Å². The summed E-state index contributed by atoms with van der Waals surface area (Å²) < 4.78 is 19.8. The zero-order valence-corrected chi connectivity index (χ0v) is 19.7. The van der Waals surface area contributed by atoms with Crippen LogP contribution in [0.25, 0.3) is 11.1 Å². The quantitative estimate of drug-likeness (QED) is 0.294. The molecule has 37 heavy (non-hydrogen) atoms. The number of ether oxygens (including phenoxy) is 1. The lowest BCUT2D eigenvalue weighted by atomic mass is 9.94. The average Bonchev–Trinajstić information content (AvgIpc) is 2.95. The van der Waals surface area contributed by atoms with Crippen LogP contribution < -0.4 is 15.5 Å². The molecule has 6 rings (SSSR count). The molecule has 1 unspecified atom stereocenters. The Kier molecular flexibility index (Phi) is 5.88. The van der Waals surface area contributed by atoms with Gasteiger partial charge in [-0.3, -0.25) is 4.98 Å². The van der Waals surface area contributed by atoms with Gasteiger partial charge in [-0.1, -0.05) is 54.6 Å². The molecule has 1 aliphatic rings. The molecule has 0 radical (unpaired) electrons. The Labute approximate surface area is 213 Å². The highest BCUT2D eigenvalue weighted by Crippen LogP contribution is 2.36. The van der Waals surface area contributed by atoms with E-state index in [1.165, 1.54) is 12.3 Å². The van der Waals surface area contributed by atoms with Crippen LogP contribution in [0.2, 0.25) is 0 Å². The van der Waals surface area contributed by atoms with Crippen molar-refractivity contribution in [3.8, 4) is 22.6 Å². The molecular formula is C30H22FN5O. The number of anilines is 1. The third-order valence-electron chi connectivity index (χ3n) is 6.20. The van der Waals surface area contributed by atoms with Crippen molar-refractivity contribution in [3.05, 3.63) is 138 Å². The molecular weight excluding hydrogens is 465 g/mol. The third-order valence-corrected chi connectivity index (χ3v) is 6.20. The van der Waals surface area contributed by atoms with Gasteiger partial charge in [0.1, 0.15) is 17.7 Å². The lowest BCUT2D eigenvalue weighted by Gasteiger charge is -2.33. The van der Waals surface area contributed by atoms with Gasteiger partial charge in [-0.15, -0.1) is 0 Å². The number of fused-ring (bicyclic) bond motifs is 1. The number of halogens is 1. The number of aromatic nitrogens is 2. The monoisotopic (exact) mass is 487 g/mol. The number of benzene rings is 3. The van der Waals surface area contributed by atoms with E-state index in [-0.39, 0.29) is 0 Å². The summed E-state index contributed by atoms with van der Waals surface area (Å²) in [4.78, 5) is 7.79. The predicted molar refractivity (Wildman–Crippen MR) is 142 cm³/mol. The molecule has 6 nitrogen and oxygen atoms in total. The highest BCUT2D eigenvalue weighted by Gasteiger charge is 2.27. The smallest absolute Gasteiger partial charge is 0.213 e. The molecule has 0 bridgehead atoms. The van der Waals surface area contributed by atoms with Crippen molar-refractivity contribution < 1.29 is 9.13 Å². The second kappa shape index (κ2) is 9.64. The molecule has 0 saturated heterocycles. The van der Waals surface area contributed by atoms with E-state index in [0.29, 0.717) is 22.6 Å². The van der Waals surface area contributed by atoms with E-state index < -0.39 is 12.1 Å². The van der Waals surface area contributed by atoms with Gasteiger partial charge in [0.2, 0.25) is 5.95 Å². The summed E-state index contributed by atoms with van der Waals surface area (Å²) in [5.41, 5.74) is 12.7. The number of hydrazone groups is 1. The molecule has 0 amide bonds. The number of nitrogens with two attached hydrogens (primary N) is 1. The molecule has 180 valence electrons. The fourth-order valence-electron chi connectivity index (χ4n) is 4.41. The highest BCUT2D eigenvalue weighted by atomic mass is 19.1. The minimum Gasteiger partial charge on any atom is -0.457 e. The van der Waals surface area contributed by atoms with E-state index >= 15 is 0 Å². The SMILES string of the molecule is NC1c2ccccc2C(c2ccccc2)=NN1c1ccc(Oc2ccncc2-c2ccnc(F)c2)cc1. The molecule has 3 aromatic carbocycles. The number of pyridine rings is 2. The number of hydrogen-bond acceptors (Lipinski definition) is 6. The summed E-state index contributed by atoms with van der Waals surface area (Å²) in [5.74, 6) is 0.608. The number of hydrogen-bond donors (Lipinski definition) is 1. The van der Waals surface area contributed by atoms with E-state index in [1.54, 1.807) is 24.5 Å². The molecule has 0 aliphatic carbocycles. The van der Waals surface area contributed by atoms with Crippen LogP contribution in [0.4, 0.5) is 10.1 Å². The lowest BCUT2D eigenvalue weighted by Crippen LogP contribution is -2.36. The summed E-state index contributed by atoms with van der Waals surface area (Å²) in [7, 11) is 0. The fraction of sp³-hybridized carbons (Fsp3) is 0.0333. The number of nitrogens with zero attached hydrogens (tertiary/aromatic N) is 4. The second-order valence-corrected chi connectivity index (χ2v) is 8.53. The first kappa shape index (κ1) is 22.6. The Morgan fingerprint density at radius 3 is 2.38 bits per heavy atom. The minimum atomic E-state index is -0.563. The molecule has 0 fully saturated rings. The molecule has 0 saturated carbocycles. The first-order chi connectivity index (χ1) is 18.2. The van der Waals surface area contributed by atoms with Gasteiger partial charge < -0.3 is 10.5 Å². The van der Waals surface area contributed by atoms with Crippen molar-refractivity contribution in [1.82, 2.24) is 9.97 Å². The van der Waals surface area contributed by atoms with E-state index in [1.807, 2.05) is 77.8 Å². The Bertz CT molecular complexity index is 1590. The summed E-state index contributed by atoms with van der Waals surface area (Å²) in [6, 6.07) is 30.5. The predicted octanol–water partition coefficient (Wildman–Crippen LogP) is 6.30. The molecule has 5 aromatic rings. The van der Waals surface area contributed by atoms with Gasteiger partial charge >= 0.3 is 0 Å². The zero-order valence-electron chi connectivity index (χ0n) is 19.7. The molecule has 1 aliphatic heterocycles. The molecule has 3 heterocycles. The molecule has 2 aromatic heterocycles. The van der Waals surface area contributed by atoms with Crippen LogP contribution in [0, 0.1) is 5.95 Å². The van der Waals surface area contributed by atoms with Gasteiger partial charge in [-0.2, -0.15) is 9.49 Å². The Morgan fingerprint density at radius 1 is 0.784 bits per heavy atom. The van der Waals surface area contributed by atoms with Gasteiger partial charge in [0.25, 0.3) is 0 Å². The molecule has 0 spiro atoms. The molecule has 7 heteroatoms. The van der Waals surface area contributed by atoms with Gasteiger partial charge in [-0.25, -0.2) is 9.99 Å². The van der Waals surface area contributed by atoms with E-state index in [2.05, 4.69) is 16.0 Å². The van der Waals surface area contributed by atoms with Crippen LogP contribution >= 0.6 is 0 Å². The standard InChI is InChI=1S/C30H22FN5O/c31-28-18-21(14-17-34-28)26-19-33-16-15-27(26)37-23-12-10-22(11-13-23)36-30(32)25-9-5-4-8-24(25)29(35-36)20-6-2-1-3-7-20/h1-19,30H,32H2. The average molecular weight is 488 g/mol. The van der Waals surface area contributed by atoms with Crippen molar-refractivity contribution in [2.45, 2.75) is 6.17 Å². The first-order valence-corrected chi connectivity index (χ1v) is 11.8. The minimum absolute atomic E-state index is 0.441. The first-order valence-electron chi connectivity index (χ1n) is 11.8. The van der Waals surface area contributed by atoms with Crippen LogP contribution in [0.3, 0.4) is 0 Å². The van der Waals surface area contributed by atoms with Gasteiger partial charge in [0.05, 0.1) is 11.4 Å². The van der Waals surface area contributed by atoms with Crippen molar-refractivity contribution in [2.75, 3.05) is 5.01 Å². The topological polar surface area (TPSA) is 76.6 Å². The van der Waals surface area contributed by atoms with Crippen molar-refractivity contribution in [1.29, 1.82) is 0 Å². The van der Waals surface area contributed by atoms with Crippen molar-refractivity contribution in [3.63, 3.8) is 0 Å². The highest BCUT2D eigenvalue weighted by molar-refractivity contribution is 6.14. The van der Waals surface area contributed by atoms with Gasteiger partial charge in [0.15, 0.2) is 0 Å². The summed E-state index contributed by atoms with van der Waals surface area (Å²) >= 11 is 0. The normalized spacial score (nSPS) is 14.6. The largest absolute Gasteiger partial charge is 0.457 e. The van der Waals surface area contributed by atoms with E-state index in [4.69, 9.17) is 15.6 Å². The summed E-state index contributed by atoms with van der Waals surface area (Å²) in [6.45, 7) is 0. The van der Waals surface area contributed by atoms with E-state index in [0.717, 1.165) is 28.1 Å². The Balaban J connectivity index is 1.32.